The van der Waals surface area contributed by atoms with E-state index in [1.54, 1.807) is 26.8 Å². The maximum Gasteiger partial charge on any atom is 0.407 e. The van der Waals surface area contributed by atoms with Crippen LogP contribution >= 0.6 is 0 Å². The monoisotopic (exact) mass is 254 g/mol. The molecule has 0 spiro atoms. The van der Waals surface area contributed by atoms with Crippen LogP contribution in [0.15, 0.2) is 18.2 Å². The predicted octanol–water partition coefficient (Wildman–Crippen LogP) is 2.48. The van der Waals surface area contributed by atoms with Gasteiger partial charge in [-0.2, -0.15) is 0 Å². The fourth-order valence-corrected chi connectivity index (χ4v) is 1.35. The average Bonchev–Trinajstić information content (AvgIpc) is 2.20. The van der Waals surface area contributed by atoms with Gasteiger partial charge in [0, 0.05) is 6.54 Å². The SMILES string of the molecule is CC(C)(C)OC(=O)NCCc1ccc(N)c(F)c1. The van der Waals surface area contributed by atoms with Crippen LogP contribution in [0.1, 0.15) is 26.3 Å². The van der Waals surface area contributed by atoms with Gasteiger partial charge in [-0.25, -0.2) is 9.18 Å². The van der Waals surface area contributed by atoms with E-state index in [1.165, 1.54) is 12.1 Å². The molecule has 3 N–H and O–H groups in total. The Hall–Kier alpha value is -1.78. The van der Waals surface area contributed by atoms with E-state index in [4.69, 9.17) is 10.5 Å². The van der Waals surface area contributed by atoms with Gasteiger partial charge >= 0.3 is 6.09 Å². The fraction of sp³-hybridized carbons (Fsp3) is 0.462. The van der Waals surface area contributed by atoms with Crippen molar-refractivity contribution in [2.75, 3.05) is 12.3 Å². The van der Waals surface area contributed by atoms with Gasteiger partial charge in [0.05, 0.1) is 5.69 Å². The molecule has 1 rings (SSSR count). The molecular formula is C13H19FN2O2. The summed E-state index contributed by atoms with van der Waals surface area (Å²) in [6, 6.07) is 4.61. The normalized spacial score (nSPS) is 11.1. The molecule has 0 atom stereocenters. The summed E-state index contributed by atoms with van der Waals surface area (Å²) in [7, 11) is 0. The molecule has 5 heteroatoms. The van der Waals surface area contributed by atoms with E-state index in [0.29, 0.717) is 13.0 Å². The van der Waals surface area contributed by atoms with Crippen molar-refractivity contribution in [1.82, 2.24) is 5.32 Å². The molecule has 1 aromatic rings. The van der Waals surface area contributed by atoms with Crippen LogP contribution in [0.25, 0.3) is 0 Å². The number of ether oxygens (including phenoxy) is 1. The summed E-state index contributed by atoms with van der Waals surface area (Å²) in [5.41, 5.74) is 5.75. The number of carbonyl (C=O) groups excluding carboxylic acids is 1. The number of nitrogen functional groups attached to an aromatic ring is 1. The van der Waals surface area contributed by atoms with Crippen molar-refractivity contribution < 1.29 is 13.9 Å². The van der Waals surface area contributed by atoms with Crippen LogP contribution in [-0.4, -0.2) is 18.2 Å². The Kier molecular flexibility index (Phi) is 4.53. The van der Waals surface area contributed by atoms with Crippen LogP contribution in [0.2, 0.25) is 0 Å². The third kappa shape index (κ3) is 5.03. The number of rotatable bonds is 3. The van der Waals surface area contributed by atoms with Gasteiger partial charge < -0.3 is 15.8 Å². The second kappa shape index (κ2) is 5.71. The number of hydrogen-bond acceptors (Lipinski definition) is 3. The van der Waals surface area contributed by atoms with E-state index in [1.807, 2.05) is 0 Å². The van der Waals surface area contributed by atoms with Gasteiger partial charge in [-0.05, 0) is 44.9 Å². The molecule has 0 radical (unpaired) electrons. The van der Waals surface area contributed by atoms with E-state index >= 15 is 0 Å². The number of amides is 1. The molecule has 0 aromatic heterocycles. The largest absolute Gasteiger partial charge is 0.444 e. The number of halogens is 1. The Bertz CT molecular complexity index is 427. The second-order valence-electron chi connectivity index (χ2n) is 5.03. The van der Waals surface area contributed by atoms with E-state index in [-0.39, 0.29) is 5.69 Å². The minimum absolute atomic E-state index is 0.124. The van der Waals surface area contributed by atoms with Crippen molar-refractivity contribution in [1.29, 1.82) is 0 Å². The molecule has 0 bridgehead atoms. The van der Waals surface area contributed by atoms with E-state index < -0.39 is 17.5 Å². The molecule has 0 heterocycles. The third-order valence-electron chi connectivity index (χ3n) is 2.15. The molecule has 0 saturated carbocycles. The van der Waals surface area contributed by atoms with Crippen LogP contribution < -0.4 is 11.1 Å². The first-order valence-corrected chi connectivity index (χ1v) is 5.79. The minimum atomic E-state index is -0.516. The molecule has 100 valence electrons. The van der Waals surface area contributed by atoms with Crippen LogP contribution in [-0.2, 0) is 11.2 Å². The van der Waals surface area contributed by atoms with Crippen LogP contribution in [0.5, 0.6) is 0 Å². The van der Waals surface area contributed by atoms with Gasteiger partial charge in [0.15, 0.2) is 0 Å². The zero-order valence-electron chi connectivity index (χ0n) is 10.9. The first kappa shape index (κ1) is 14.3. The summed E-state index contributed by atoms with van der Waals surface area (Å²) < 4.78 is 18.2. The lowest BCUT2D eigenvalue weighted by Crippen LogP contribution is -2.33. The van der Waals surface area contributed by atoms with E-state index in [2.05, 4.69) is 5.32 Å². The van der Waals surface area contributed by atoms with Gasteiger partial charge in [-0.15, -0.1) is 0 Å². The van der Waals surface area contributed by atoms with Crippen LogP contribution in [0.4, 0.5) is 14.9 Å². The molecule has 0 fully saturated rings. The van der Waals surface area contributed by atoms with Gasteiger partial charge in [-0.3, -0.25) is 0 Å². The highest BCUT2D eigenvalue weighted by Gasteiger charge is 2.15. The average molecular weight is 254 g/mol. The molecule has 0 saturated heterocycles. The maximum atomic E-state index is 13.2. The second-order valence-corrected chi connectivity index (χ2v) is 5.03. The molecule has 4 nitrogen and oxygen atoms in total. The fourth-order valence-electron chi connectivity index (χ4n) is 1.35. The minimum Gasteiger partial charge on any atom is -0.444 e. The van der Waals surface area contributed by atoms with Crippen molar-refractivity contribution in [3.63, 3.8) is 0 Å². The van der Waals surface area contributed by atoms with Crippen molar-refractivity contribution in [2.24, 2.45) is 0 Å². The Balaban J connectivity index is 2.38. The van der Waals surface area contributed by atoms with Gasteiger partial charge in [0.1, 0.15) is 11.4 Å². The standard InChI is InChI=1S/C13H19FN2O2/c1-13(2,3)18-12(17)16-7-6-9-4-5-11(15)10(14)8-9/h4-5,8H,6-7,15H2,1-3H3,(H,16,17). The van der Waals surface area contributed by atoms with Crippen LogP contribution in [0, 0.1) is 5.82 Å². The zero-order chi connectivity index (χ0) is 13.8. The Morgan fingerprint density at radius 3 is 2.67 bits per heavy atom. The summed E-state index contributed by atoms with van der Waals surface area (Å²) >= 11 is 0. The van der Waals surface area contributed by atoms with Crippen molar-refractivity contribution in [3.05, 3.63) is 29.6 Å². The Labute approximate surface area is 106 Å². The number of carbonyl (C=O) groups is 1. The summed E-state index contributed by atoms with van der Waals surface area (Å²) in [5.74, 6) is -0.440. The molecule has 18 heavy (non-hydrogen) atoms. The number of hydrogen-bond donors (Lipinski definition) is 2. The first-order valence-electron chi connectivity index (χ1n) is 5.79. The number of anilines is 1. The van der Waals surface area contributed by atoms with Crippen LogP contribution in [0.3, 0.4) is 0 Å². The lowest BCUT2D eigenvalue weighted by Gasteiger charge is -2.19. The van der Waals surface area contributed by atoms with Gasteiger partial charge in [0.25, 0.3) is 0 Å². The number of alkyl carbamates (subject to hydrolysis) is 1. The highest BCUT2D eigenvalue weighted by molar-refractivity contribution is 5.67. The quantitative estimate of drug-likeness (QED) is 0.814. The summed E-state index contributed by atoms with van der Waals surface area (Å²) in [6.45, 7) is 5.77. The number of nitrogens with one attached hydrogen (secondary N) is 1. The lowest BCUT2D eigenvalue weighted by molar-refractivity contribution is 0.0528. The van der Waals surface area contributed by atoms with Gasteiger partial charge in [0.2, 0.25) is 0 Å². The Morgan fingerprint density at radius 1 is 1.44 bits per heavy atom. The first-order chi connectivity index (χ1) is 8.28. The third-order valence-corrected chi connectivity index (χ3v) is 2.15. The molecule has 0 unspecified atom stereocenters. The summed E-state index contributed by atoms with van der Waals surface area (Å²) in [4.78, 5) is 11.3. The molecule has 1 amide bonds. The zero-order valence-corrected chi connectivity index (χ0v) is 10.9. The van der Waals surface area contributed by atoms with Crippen molar-refractivity contribution in [3.8, 4) is 0 Å². The summed E-state index contributed by atoms with van der Waals surface area (Å²) in [6.07, 6.45) is 0.0506. The highest BCUT2D eigenvalue weighted by atomic mass is 19.1. The predicted molar refractivity (Wildman–Crippen MR) is 68.8 cm³/mol. The van der Waals surface area contributed by atoms with E-state index in [9.17, 15) is 9.18 Å². The molecule has 0 aliphatic heterocycles. The maximum absolute atomic E-state index is 13.2. The summed E-state index contributed by atoms with van der Waals surface area (Å²) in [5, 5.41) is 2.61. The Morgan fingerprint density at radius 2 is 2.11 bits per heavy atom. The van der Waals surface area contributed by atoms with Crippen molar-refractivity contribution in [2.45, 2.75) is 32.8 Å². The van der Waals surface area contributed by atoms with E-state index in [0.717, 1.165) is 5.56 Å². The molecule has 0 aliphatic rings. The number of nitrogens with two attached hydrogens (primary N) is 1. The lowest BCUT2D eigenvalue weighted by atomic mass is 10.1. The number of benzene rings is 1. The highest BCUT2D eigenvalue weighted by Crippen LogP contribution is 2.12. The molecule has 1 aromatic carbocycles. The topological polar surface area (TPSA) is 64.3 Å². The molecular weight excluding hydrogens is 235 g/mol. The smallest absolute Gasteiger partial charge is 0.407 e. The van der Waals surface area contributed by atoms with Crippen molar-refractivity contribution >= 4 is 11.8 Å². The molecule has 0 aliphatic carbocycles. The van der Waals surface area contributed by atoms with Gasteiger partial charge in [-0.1, -0.05) is 6.07 Å².